The fourth-order valence-corrected chi connectivity index (χ4v) is 3.89. The lowest BCUT2D eigenvalue weighted by molar-refractivity contribution is -0.129. The van der Waals surface area contributed by atoms with E-state index in [9.17, 15) is 9.18 Å². The summed E-state index contributed by atoms with van der Waals surface area (Å²) in [5, 5.41) is 3.23. The fourth-order valence-electron chi connectivity index (χ4n) is 2.87. The van der Waals surface area contributed by atoms with Crippen molar-refractivity contribution in [2.45, 2.75) is 69.7 Å². The third-order valence-corrected chi connectivity index (χ3v) is 5.99. The average Bonchev–Trinajstić information content (AvgIpc) is 2.49. The van der Waals surface area contributed by atoms with E-state index in [-0.39, 0.29) is 11.7 Å². The van der Waals surface area contributed by atoms with Gasteiger partial charge >= 0.3 is 0 Å². The van der Waals surface area contributed by atoms with Crippen LogP contribution in [-0.2, 0) is 4.79 Å². The van der Waals surface area contributed by atoms with Gasteiger partial charge in [0.15, 0.2) is 0 Å². The van der Waals surface area contributed by atoms with Gasteiger partial charge in [-0.2, -0.15) is 0 Å². The van der Waals surface area contributed by atoms with Gasteiger partial charge in [0.1, 0.15) is 5.82 Å². The molecule has 2 nitrogen and oxygen atoms in total. The number of benzene rings is 1. The number of amides is 1. The van der Waals surface area contributed by atoms with Crippen LogP contribution in [0.5, 0.6) is 0 Å². The highest BCUT2D eigenvalue weighted by molar-refractivity contribution is 7.99. The van der Waals surface area contributed by atoms with Crippen molar-refractivity contribution in [1.29, 1.82) is 0 Å². The highest BCUT2D eigenvalue weighted by Crippen LogP contribution is 2.30. The molecule has 1 aliphatic rings. The Kier molecular flexibility index (Phi) is 6.94. The zero-order valence-electron chi connectivity index (χ0n) is 14.2. The van der Waals surface area contributed by atoms with E-state index in [4.69, 9.17) is 0 Å². The summed E-state index contributed by atoms with van der Waals surface area (Å²) in [6.45, 7) is 3.89. The van der Waals surface area contributed by atoms with E-state index in [1.54, 1.807) is 12.1 Å². The largest absolute Gasteiger partial charge is 0.353 e. The highest BCUT2D eigenvalue weighted by atomic mass is 32.2. The summed E-state index contributed by atoms with van der Waals surface area (Å²) in [6.07, 6.45) is 8.46. The summed E-state index contributed by atoms with van der Waals surface area (Å²) in [5.41, 5.74) is -0.505. The lowest BCUT2D eigenvalue weighted by Gasteiger charge is -2.28. The maximum absolute atomic E-state index is 13.7. The van der Waals surface area contributed by atoms with E-state index in [2.05, 4.69) is 5.32 Å². The van der Waals surface area contributed by atoms with Crippen molar-refractivity contribution in [3.63, 3.8) is 0 Å². The van der Waals surface area contributed by atoms with Crippen LogP contribution in [0.15, 0.2) is 29.2 Å². The topological polar surface area (TPSA) is 29.1 Å². The van der Waals surface area contributed by atoms with Gasteiger partial charge < -0.3 is 5.32 Å². The first-order valence-corrected chi connectivity index (χ1v) is 9.66. The average molecular weight is 338 g/mol. The fraction of sp³-hybridized carbons (Fsp3) is 0.632. The van der Waals surface area contributed by atoms with Crippen LogP contribution in [0, 0.1) is 11.2 Å². The first kappa shape index (κ1) is 18.3. The van der Waals surface area contributed by atoms with Gasteiger partial charge in [-0.15, -0.1) is 11.8 Å². The molecule has 0 atom stereocenters. The van der Waals surface area contributed by atoms with E-state index in [1.165, 1.54) is 49.9 Å². The molecular weight excluding hydrogens is 309 g/mol. The minimum atomic E-state index is -0.505. The molecule has 1 aliphatic carbocycles. The molecule has 0 radical (unpaired) electrons. The predicted octanol–water partition coefficient (Wildman–Crippen LogP) is 5.17. The summed E-state index contributed by atoms with van der Waals surface area (Å²) >= 11 is 1.42. The summed E-state index contributed by atoms with van der Waals surface area (Å²) in [4.78, 5) is 13.2. The maximum Gasteiger partial charge on any atom is 0.226 e. The Morgan fingerprint density at radius 1 is 1.17 bits per heavy atom. The Morgan fingerprint density at radius 2 is 1.78 bits per heavy atom. The normalized spacial score (nSPS) is 17.3. The van der Waals surface area contributed by atoms with Crippen molar-refractivity contribution in [2.24, 2.45) is 5.41 Å². The third-order valence-electron chi connectivity index (χ3n) is 4.48. The second-order valence-electron chi connectivity index (χ2n) is 7.12. The van der Waals surface area contributed by atoms with Gasteiger partial charge in [-0.3, -0.25) is 4.79 Å². The second kappa shape index (κ2) is 8.72. The smallest absolute Gasteiger partial charge is 0.226 e. The molecular formula is C19H28FNOS. The first-order chi connectivity index (χ1) is 11.0. The SMILES string of the molecule is CC(C)(CSc1ccccc1F)C(=O)NC1CCCCCCC1. The van der Waals surface area contributed by atoms with Crippen molar-refractivity contribution < 1.29 is 9.18 Å². The van der Waals surface area contributed by atoms with Crippen molar-refractivity contribution >= 4 is 17.7 Å². The zero-order valence-corrected chi connectivity index (χ0v) is 15.1. The number of hydrogen-bond donors (Lipinski definition) is 1. The highest BCUT2D eigenvalue weighted by Gasteiger charge is 2.29. The van der Waals surface area contributed by atoms with Crippen LogP contribution in [0.25, 0.3) is 0 Å². The number of carbonyl (C=O) groups is 1. The van der Waals surface area contributed by atoms with Gasteiger partial charge in [0.25, 0.3) is 0 Å². The molecule has 0 aliphatic heterocycles. The molecule has 1 aromatic rings. The monoisotopic (exact) mass is 337 g/mol. The van der Waals surface area contributed by atoms with Crippen LogP contribution in [-0.4, -0.2) is 17.7 Å². The minimum Gasteiger partial charge on any atom is -0.353 e. The van der Waals surface area contributed by atoms with Crippen molar-refractivity contribution in [1.82, 2.24) is 5.32 Å². The Morgan fingerprint density at radius 3 is 2.43 bits per heavy atom. The van der Waals surface area contributed by atoms with E-state index in [0.29, 0.717) is 16.7 Å². The van der Waals surface area contributed by atoms with E-state index < -0.39 is 5.41 Å². The van der Waals surface area contributed by atoms with Crippen LogP contribution < -0.4 is 5.32 Å². The summed E-state index contributed by atoms with van der Waals surface area (Å²) in [5.74, 6) is 0.451. The van der Waals surface area contributed by atoms with Crippen LogP contribution in [0.3, 0.4) is 0 Å². The van der Waals surface area contributed by atoms with Gasteiger partial charge in [-0.1, -0.05) is 58.1 Å². The number of rotatable bonds is 5. The number of carbonyl (C=O) groups excluding carboxylic acids is 1. The molecule has 1 N–H and O–H groups in total. The Bertz CT molecular complexity index is 510. The number of thioether (sulfide) groups is 1. The molecule has 4 heteroatoms. The van der Waals surface area contributed by atoms with Crippen LogP contribution >= 0.6 is 11.8 Å². The molecule has 1 fully saturated rings. The van der Waals surface area contributed by atoms with Crippen molar-refractivity contribution in [3.8, 4) is 0 Å². The molecule has 1 saturated carbocycles. The van der Waals surface area contributed by atoms with Crippen molar-refractivity contribution in [3.05, 3.63) is 30.1 Å². The van der Waals surface area contributed by atoms with Crippen molar-refractivity contribution in [2.75, 3.05) is 5.75 Å². The zero-order chi connectivity index (χ0) is 16.7. The minimum absolute atomic E-state index is 0.0897. The summed E-state index contributed by atoms with van der Waals surface area (Å²) < 4.78 is 13.7. The van der Waals surface area contributed by atoms with Crippen LogP contribution in [0.1, 0.15) is 58.8 Å². The van der Waals surface area contributed by atoms with Gasteiger partial charge in [-0.05, 0) is 25.0 Å². The Balaban J connectivity index is 1.87. The predicted molar refractivity (Wildman–Crippen MR) is 95.2 cm³/mol. The van der Waals surface area contributed by atoms with Gasteiger partial charge in [0, 0.05) is 16.7 Å². The lowest BCUT2D eigenvalue weighted by Crippen LogP contribution is -2.44. The molecule has 0 spiro atoms. The molecule has 0 bridgehead atoms. The molecule has 1 amide bonds. The maximum atomic E-state index is 13.7. The molecule has 128 valence electrons. The van der Waals surface area contributed by atoms with Gasteiger partial charge in [0.05, 0.1) is 5.41 Å². The third kappa shape index (κ3) is 5.83. The number of nitrogens with one attached hydrogen (secondary N) is 1. The lowest BCUT2D eigenvalue weighted by atomic mass is 9.92. The summed E-state index contributed by atoms with van der Waals surface area (Å²) in [6, 6.07) is 7.05. The summed E-state index contributed by atoms with van der Waals surface area (Å²) in [7, 11) is 0. The standard InChI is InChI=1S/C19H28FNOS/c1-19(2,14-23-17-13-9-8-12-16(17)20)18(22)21-15-10-6-4-3-5-7-11-15/h8-9,12-13,15H,3-7,10-11,14H2,1-2H3,(H,21,22). The second-order valence-corrected chi connectivity index (χ2v) is 8.14. The van der Waals surface area contributed by atoms with E-state index in [1.807, 2.05) is 19.9 Å². The molecule has 2 rings (SSSR count). The van der Waals surface area contributed by atoms with E-state index >= 15 is 0 Å². The quantitative estimate of drug-likeness (QED) is 0.751. The number of hydrogen-bond acceptors (Lipinski definition) is 2. The first-order valence-electron chi connectivity index (χ1n) is 8.67. The molecule has 23 heavy (non-hydrogen) atoms. The molecule has 0 saturated heterocycles. The molecule has 1 aromatic carbocycles. The number of halogens is 1. The Labute approximate surface area is 143 Å². The van der Waals surface area contributed by atoms with Gasteiger partial charge in [0.2, 0.25) is 5.91 Å². The van der Waals surface area contributed by atoms with Gasteiger partial charge in [-0.25, -0.2) is 4.39 Å². The molecule has 0 unspecified atom stereocenters. The van der Waals surface area contributed by atoms with Crippen LogP contribution in [0.4, 0.5) is 4.39 Å². The molecule has 0 heterocycles. The molecule has 0 aromatic heterocycles. The van der Waals surface area contributed by atoms with Crippen LogP contribution in [0.2, 0.25) is 0 Å². The van der Waals surface area contributed by atoms with E-state index in [0.717, 1.165) is 12.8 Å². The Hall–Kier alpha value is -1.03.